The van der Waals surface area contributed by atoms with E-state index in [0.29, 0.717) is 0 Å². The Hall–Kier alpha value is 0.870. The first-order valence-electron chi connectivity index (χ1n) is 4.70. The number of nitrogens with zero attached hydrogens (tertiary/aromatic N) is 1. The molecule has 0 aromatic carbocycles. The van der Waals surface area contributed by atoms with Gasteiger partial charge in [-0.15, -0.1) is 11.3 Å². The molecule has 4 heteroatoms. The number of likely N-dealkylation sites (tertiary alicyclic amines) is 1. The molecular weight excluding hydrogens is 373 g/mol. The average molecular weight is 386 g/mol. The molecule has 1 aliphatic heterocycles. The van der Waals surface area contributed by atoms with Crippen LogP contribution in [0.15, 0.2) is 15.9 Å². The van der Waals surface area contributed by atoms with Crippen LogP contribution in [0, 0.1) is 5.92 Å². The van der Waals surface area contributed by atoms with Gasteiger partial charge < -0.3 is 4.90 Å². The predicted octanol–water partition coefficient (Wildman–Crippen LogP) is 3.59. The van der Waals surface area contributed by atoms with E-state index in [2.05, 4.69) is 62.6 Å². The summed E-state index contributed by atoms with van der Waals surface area (Å²) in [6.07, 6.45) is 0. The Kier molecular flexibility index (Phi) is 3.90. The third kappa shape index (κ3) is 2.33. The van der Waals surface area contributed by atoms with Crippen molar-refractivity contribution < 1.29 is 0 Å². The van der Waals surface area contributed by atoms with Crippen LogP contribution in [0.1, 0.15) is 10.8 Å². The van der Waals surface area contributed by atoms with Crippen molar-refractivity contribution in [1.29, 1.82) is 0 Å². The topological polar surface area (TPSA) is 3.24 Å². The van der Waals surface area contributed by atoms with Gasteiger partial charge in [0.05, 0.1) is 3.79 Å². The molecule has 1 aromatic rings. The van der Waals surface area contributed by atoms with E-state index < -0.39 is 0 Å². The summed E-state index contributed by atoms with van der Waals surface area (Å²) in [7, 11) is 2.22. The lowest BCUT2D eigenvalue weighted by atomic mass is 9.97. The van der Waals surface area contributed by atoms with Gasteiger partial charge in [-0.2, -0.15) is 0 Å². The maximum atomic E-state index is 3.54. The highest BCUT2D eigenvalue weighted by Gasteiger charge is 2.31. The summed E-state index contributed by atoms with van der Waals surface area (Å²) in [4.78, 5) is 3.99. The molecule has 0 saturated carbocycles. The van der Waals surface area contributed by atoms with Crippen LogP contribution in [0.4, 0.5) is 0 Å². The second-order valence-electron chi connectivity index (χ2n) is 3.88. The maximum Gasteiger partial charge on any atom is 0.0701 e. The lowest BCUT2D eigenvalue weighted by Gasteiger charge is -2.13. The zero-order valence-electron chi connectivity index (χ0n) is 8.04. The lowest BCUT2D eigenvalue weighted by molar-refractivity contribution is 0.402. The average Bonchev–Trinajstić information content (AvgIpc) is 2.71. The molecule has 1 nitrogen and oxygen atoms in total. The summed E-state index contributed by atoms with van der Waals surface area (Å²) < 4.78 is 2.52. The second-order valence-corrected chi connectivity index (χ2v) is 7.26. The van der Waals surface area contributed by atoms with E-state index in [1.54, 1.807) is 4.88 Å². The van der Waals surface area contributed by atoms with Crippen LogP contribution in [0.2, 0.25) is 0 Å². The minimum Gasteiger partial charge on any atom is -0.305 e. The van der Waals surface area contributed by atoms with Crippen molar-refractivity contribution in [2.45, 2.75) is 5.92 Å². The van der Waals surface area contributed by atoms with Gasteiger partial charge in [0.25, 0.3) is 0 Å². The minimum atomic E-state index is 0.758. The molecule has 0 bridgehead atoms. The fourth-order valence-corrected chi connectivity index (χ4v) is 4.59. The summed E-state index contributed by atoms with van der Waals surface area (Å²) in [5.41, 5.74) is 0. The van der Waals surface area contributed by atoms with Crippen LogP contribution in [-0.2, 0) is 0 Å². The van der Waals surface area contributed by atoms with Gasteiger partial charge >= 0.3 is 0 Å². The van der Waals surface area contributed by atoms with Gasteiger partial charge in [-0.1, -0.05) is 22.6 Å². The van der Waals surface area contributed by atoms with Crippen LogP contribution < -0.4 is 0 Å². The summed E-state index contributed by atoms with van der Waals surface area (Å²) in [6.45, 7) is 2.48. The number of halogens is 2. The Morgan fingerprint density at radius 2 is 2.36 bits per heavy atom. The number of likely N-dealkylation sites (N-methyl/N-ethyl adjacent to an activating group) is 1. The van der Waals surface area contributed by atoms with Gasteiger partial charge in [0.1, 0.15) is 0 Å². The first kappa shape index (κ1) is 11.4. The monoisotopic (exact) mass is 385 g/mol. The molecule has 2 unspecified atom stereocenters. The van der Waals surface area contributed by atoms with Crippen molar-refractivity contribution in [1.82, 2.24) is 4.90 Å². The number of thiophene rings is 1. The van der Waals surface area contributed by atoms with Gasteiger partial charge in [0, 0.05) is 28.3 Å². The SMILES string of the molecule is CN1CC(CI)C(c2ccc(Br)s2)C1. The zero-order chi connectivity index (χ0) is 10.1. The molecule has 2 atom stereocenters. The lowest BCUT2D eigenvalue weighted by Crippen LogP contribution is -2.14. The highest BCUT2D eigenvalue weighted by Crippen LogP contribution is 2.37. The summed E-state index contributed by atoms with van der Waals surface area (Å²) >= 11 is 7.95. The molecule has 1 aromatic heterocycles. The Bertz CT molecular complexity index is 315. The van der Waals surface area contributed by atoms with Crippen LogP contribution in [0.5, 0.6) is 0 Å². The summed E-state index contributed by atoms with van der Waals surface area (Å²) in [6, 6.07) is 4.44. The van der Waals surface area contributed by atoms with Crippen molar-refractivity contribution in [2.24, 2.45) is 5.92 Å². The van der Waals surface area contributed by atoms with Gasteiger partial charge in [0.2, 0.25) is 0 Å². The third-order valence-electron chi connectivity index (χ3n) is 2.78. The Balaban J connectivity index is 2.17. The Morgan fingerprint density at radius 3 is 2.93 bits per heavy atom. The van der Waals surface area contributed by atoms with Crippen molar-refractivity contribution in [3.8, 4) is 0 Å². The molecule has 0 spiro atoms. The minimum absolute atomic E-state index is 0.758. The second kappa shape index (κ2) is 4.80. The number of rotatable bonds is 2. The molecule has 1 saturated heterocycles. The Morgan fingerprint density at radius 1 is 1.57 bits per heavy atom. The van der Waals surface area contributed by atoms with Crippen molar-refractivity contribution in [3.05, 3.63) is 20.8 Å². The molecule has 1 fully saturated rings. The largest absolute Gasteiger partial charge is 0.305 e. The predicted molar refractivity (Wildman–Crippen MR) is 74.6 cm³/mol. The van der Waals surface area contributed by atoms with E-state index in [1.165, 1.54) is 21.3 Å². The van der Waals surface area contributed by atoms with Crippen LogP contribution >= 0.6 is 49.9 Å². The quantitative estimate of drug-likeness (QED) is 0.555. The van der Waals surface area contributed by atoms with E-state index >= 15 is 0 Å². The number of hydrogen-bond donors (Lipinski definition) is 0. The molecule has 78 valence electrons. The first-order valence-corrected chi connectivity index (χ1v) is 7.84. The highest BCUT2D eigenvalue weighted by molar-refractivity contribution is 14.1. The van der Waals surface area contributed by atoms with E-state index in [4.69, 9.17) is 0 Å². The van der Waals surface area contributed by atoms with E-state index in [1.807, 2.05) is 11.3 Å². The molecule has 2 heterocycles. The first-order chi connectivity index (χ1) is 6.70. The third-order valence-corrected chi connectivity index (χ3v) is 5.67. The van der Waals surface area contributed by atoms with Crippen LogP contribution in [0.3, 0.4) is 0 Å². The Labute approximate surface area is 111 Å². The molecular formula is C10H13BrINS. The normalized spacial score (nSPS) is 28.5. The fraction of sp³-hybridized carbons (Fsp3) is 0.600. The molecule has 0 N–H and O–H groups in total. The molecule has 0 radical (unpaired) electrons. The van der Waals surface area contributed by atoms with Crippen LogP contribution in [-0.4, -0.2) is 29.5 Å². The standard InChI is InChI=1S/C10H13BrINS/c1-13-5-7(4-12)8(6-13)9-2-3-10(11)14-9/h2-3,7-8H,4-6H2,1H3. The van der Waals surface area contributed by atoms with Crippen molar-refractivity contribution in [3.63, 3.8) is 0 Å². The highest BCUT2D eigenvalue weighted by atomic mass is 127. The van der Waals surface area contributed by atoms with Crippen molar-refractivity contribution in [2.75, 3.05) is 24.6 Å². The molecule has 1 aliphatic rings. The van der Waals surface area contributed by atoms with Gasteiger partial charge in [-0.25, -0.2) is 0 Å². The van der Waals surface area contributed by atoms with Gasteiger partial charge in [-0.05, 0) is 41.0 Å². The van der Waals surface area contributed by atoms with E-state index in [9.17, 15) is 0 Å². The van der Waals surface area contributed by atoms with Crippen LogP contribution in [0.25, 0.3) is 0 Å². The summed E-state index contributed by atoms with van der Waals surface area (Å²) in [5, 5.41) is 0. The summed E-state index contributed by atoms with van der Waals surface area (Å²) in [5.74, 6) is 1.60. The van der Waals surface area contributed by atoms with Gasteiger partial charge in [0.15, 0.2) is 0 Å². The number of alkyl halides is 1. The number of hydrogen-bond acceptors (Lipinski definition) is 2. The van der Waals surface area contributed by atoms with Crippen molar-refractivity contribution >= 4 is 49.9 Å². The maximum absolute atomic E-state index is 3.54. The molecule has 0 aliphatic carbocycles. The van der Waals surface area contributed by atoms with Gasteiger partial charge in [-0.3, -0.25) is 0 Å². The molecule has 14 heavy (non-hydrogen) atoms. The molecule has 2 rings (SSSR count). The zero-order valence-corrected chi connectivity index (χ0v) is 12.6. The van der Waals surface area contributed by atoms with E-state index in [0.717, 1.165) is 11.8 Å². The molecule has 0 amide bonds. The smallest absolute Gasteiger partial charge is 0.0701 e. The van der Waals surface area contributed by atoms with E-state index in [-0.39, 0.29) is 0 Å². The fourth-order valence-electron chi connectivity index (χ4n) is 2.09.